The van der Waals surface area contributed by atoms with Crippen LogP contribution in [0.4, 0.5) is 0 Å². The first-order chi connectivity index (χ1) is 13.1. The maximum Gasteiger partial charge on any atom is 0.191 e. The van der Waals surface area contributed by atoms with Crippen molar-refractivity contribution in [3.8, 4) is 0 Å². The number of piperazine rings is 1. The number of aromatic nitrogens is 1. The number of halogens is 1. The number of hydrogen-bond donors (Lipinski definition) is 2. The molecule has 0 aliphatic carbocycles. The Balaban J connectivity index is 0.00000392. The van der Waals surface area contributed by atoms with Gasteiger partial charge in [-0.2, -0.15) is 0 Å². The van der Waals surface area contributed by atoms with E-state index in [4.69, 9.17) is 4.99 Å². The van der Waals surface area contributed by atoms with Crippen LogP contribution in [0.2, 0.25) is 0 Å². The molecule has 28 heavy (non-hydrogen) atoms. The molecule has 162 valence electrons. The Kier molecular flexibility index (Phi) is 13.3. The monoisotopic (exact) mass is 522 g/mol. The van der Waals surface area contributed by atoms with Crippen LogP contribution in [-0.4, -0.2) is 79.6 Å². The molecule has 0 radical (unpaired) electrons. The SMILES string of the molecule is CCNC(=NCC(C)CN1CCN(CC)CC1)NCCc1ncc(CC)s1.I. The Hall–Kier alpha value is -0.450. The molecule has 2 N–H and O–H groups in total. The zero-order valence-corrected chi connectivity index (χ0v) is 21.2. The summed E-state index contributed by atoms with van der Waals surface area (Å²) in [6, 6.07) is 0. The maximum atomic E-state index is 4.80. The van der Waals surface area contributed by atoms with Crippen LogP contribution < -0.4 is 10.6 Å². The van der Waals surface area contributed by atoms with Crippen molar-refractivity contribution in [1.29, 1.82) is 0 Å². The minimum atomic E-state index is 0. The van der Waals surface area contributed by atoms with Gasteiger partial charge in [0.1, 0.15) is 0 Å². The Bertz CT molecular complexity index is 557. The summed E-state index contributed by atoms with van der Waals surface area (Å²) in [7, 11) is 0. The van der Waals surface area contributed by atoms with Gasteiger partial charge in [-0.1, -0.05) is 20.8 Å². The number of rotatable bonds is 10. The molecule has 0 saturated carbocycles. The summed E-state index contributed by atoms with van der Waals surface area (Å²) in [5.74, 6) is 1.49. The third-order valence-corrected chi connectivity index (χ3v) is 6.17. The van der Waals surface area contributed by atoms with Crippen molar-refractivity contribution in [1.82, 2.24) is 25.4 Å². The fraction of sp³-hybridized carbons (Fsp3) is 0.800. The quantitative estimate of drug-likeness (QED) is 0.281. The predicted molar refractivity (Wildman–Crippen MR) is 132 cm³/mol. The van der Waals surface area contributed by atoms with Crippen molar-refractivity contribution in [2.45, 2.75) is 40.5 Å². The maximum absolute atomic E-state index is 4.80. The smallest absolute Gasteiger partial charge is 0.191 e. The first-order valence-electron chi connectivity index (χ1n) is 10.5. The highest BCUT2D eigenvalue weighted by Gasteiger charge is 2.17. The van der Waals surface area contributed by atoms with Crippen molar-refractivity contribution < 1.29 is 0 Å². The molecule has 0 bridgehead atoms. The average molecular weight is 523 g/mol. The van der Waals surface area contributed by atoms with E-state index in [2.05, 4.69) is 53.1 Å². The molecule has 1 aliphatic rings. The molecule has 1 unspecified atom stereocenters. The van der Waals surface area contributed by atoms with Gasteiger partial charge in [-0.15, -0.1) is 35.3 Å². The molecule has 0 aromatic carbocycles. The molecule has 0 spiro atoms. The second kappa shape index (κ2) is 14.5. The highest BCUT2D eigenvalue weighted by atomic mass is 127. The van der Waals surface area contributed by atoms with E-state index < -0.39 is 0 Å². The number of nitrogens with one attached hydrogen (secondary N) is 2. The van der Waals surface area contributed by atoms with Crippen LogP contribution in [0.15, 0.2) is 11.2 Å². The number of hydrogen-bond acceptors (Lipinski definition) is 5. The highest BCUT2D eigenvalue weighted by molar-refractivity contribution is 14.0. The zero-order chi connectivity index (χ0) is 19.5. The van der Waals surface area contributed by atoms with Gasteiger partial charge in [0.25, 0.3) is 0 Å². The lowest BCUT2D eigenvalue weighted by atomic mass is 10.1. The molecular formula is C20H39IN6S. The van der Waals surface area contributed by atoms with Crippen molar-refractivity contribution in [3.63, 3.8) is 0 Å². The van der Waals surface area contributed by atoms with Crippen molar-refractivity contribution >= 4 is 41.3 Å². The Morgan fingerprint density at radius 1 is 1.18 bits per heavy atom. The summed E-state index contributed by atoms with van der Waals surface area (Å²) in [4.78, 5) is 15.8. The normalized spacial score (nSPS) is 17.2. The molecule has 2 rings (SSSR count). The standard InChI is InChI=1S/C20H38N6S.HI/c1-5-18-15-23-19(27-18)8-9-22-20(21-6-2)24-14-17(4)16-26-12-10-25(7-3)11-13-26;/h15,17H,5-14,16H2,1-4H3,(H2,21,22,24);1H. The summed E-state index contributed by atoms with van der Waals surface area (Å²) in [6.45, 7) is 18.6. The second-order valence-electron chi connectivity index (χ2n) is 7.31. The highest BCUT2D eigenvalue weighted by Crippen LogP contribution is 2.13. The van der Waals surface area contributed by atoms with Gasteiger partial charge in [0.05, 0.1) is 5.01 Å². The molecule has 1 aromatic heterocycles. The Labute approximate surface area is 192 Å². The van der Waals surface area contributed by atoms with E-state index in [1.807, 2.05) is 17.5 Å². The van der Waals surface area contributed by atoms with Crippen LogP contribution in [0.3, 0.4) is 0 Å². The molecular weight excluding hydrogens is 483 g/mol. The summed E-state index contributed by atoms with van der Waals surface area (Å²) < 4.78 is 0. The summed E-state index contributed by atoms with van der Waals surface area (Å²) >= 11 is 1.82. The van der Waals surface area contributed by atoms with Gasteiger partial charge in [0.15, 0.2) is 5.96 Å². The van der Waals surface area contributed by atoms with Crippen molar-refractivity contribution in [2.75, 3.05) is 58.9 Å². The fourth-order valence-corrected chi connectivity index (χ4v) is 4.15. The first kappa shape index (κ1) is 25.6. The van der Waals surface area contributed by atoms with E-state index in [9.17, 15) is 0 Å². The summed E-state index contributed by atoms with van der Waals surface area (Å²) in [5.41, 5.74) is 0. The number of nitrogens with zero attached hydrogens (tertiary/aromatic N) is 4. The van der Waals surface area contributed by atoms with Crippen LogP contribution >= 0.6 is 35.3 Å². The fourth-order valence-electron chi connectivity index (χ4n) is 3.29. The molecule has 1 aromatic rings. The number of likely N-dealkylation sites (N-methyl/N-ethyl adjacent to an activating group) is 1. The van der Waals surface area contributed by atoms with Crippen LogP contribution in [0.5, 0.6) is 0 Å². The van der Waals surface area contributed by atoms with Crippen LogP contribution in [-0.2, 0) is 12.8 Å². The van der Waals surface area contributed by atoms with E-state index in [0.29, 0.717) is 5.92 Å². The van der Waals surface area contributed by atoms with Crippen LogP contribution in [0.25, 0.3) is 0 Å². The number of guanidine groups is 1. The van der Waals surface area contributed by atoms with Crippen LogP contribution in [0, 0.1) is 5.92 Å². The molecule has 1 saturated heterocycles. The lowest BCUT2D eigenvalue weighted by Crippen LogP contribution is -2.47. The Morgan fingerprint density at radius 3 is 2.50 bits per heavy atom. The number of aliphatic imine (C=N–C) groups is 1. The van der Waals surface area contributed by atoms with Gasteiger partial charge in [-0.3, -0.25) is 4.99 Å². The molecule has 0 amide bonds. The Morgan fingerprint density at radius 2 is 1.89 bits per heavy atom. The zero-order valence-electron chi connectivity index (χ0n) is 18.0. The molecule has 1 fully saturated rings. The van der Waals surface area contributed by atoms with Gasteiger partial charge >= 0.3 is 0 Å². The topological polar surface area (TPSA) is 55.8 Å². The van der Waals surface area contributed by atoms with E-state index in [0.717, 1.165) is 45.0 Å². The van der Waals surface area contributed by atoms with Crippen molar-refractivity contribution in [3.05, 3.63) is 16.1 Å². The first-order valence-corrected chi connectivity index (χ1v) is 11.4. The minimum absolute atomic E-state index is 0. The predicted octanol–water partition coefficient (Wildman–Crippen LogP) is 2.69. The third-order valence-electron chi connectivity index (χ3n) is 4.97. The molecule has 1 atom stereocenters. The molecule has 1 aliphatic heterocycles. The molecule has 6 nitrogen and oxygen atoms in total. The number of thiazole rings is 1. The molecule has 8 heteroatoms. The van der Waals surface area contributed by atoms with E-state index >= 15 is 0 Å². The largest absolute Gasteiger partial charge is 0.357 e. The molecule has 2 heterocycles. The van der Waals surface area contributed by atoms with Crippen LogP contribution in [0.1, 0.15) is 37.6 Å². The summed E-state index contributed by atoms with van der Waals surface area (Å²) in [6.07, 6.45) is 4.02. The summed E-state index contributed by atoms with van der Waals surface area (Å²) in [5, 5.41) is 8.02. The van der Waals surface area contributed by atoms with Gasteiger partial charge in [0, 0.05) is 69.9 Å². The van der Waals surface area contributed by atoms with Gasteiger partial charge in [-0.25, -0.2) is 4.98 Å². The minimum Gasteiger partial charge on any atom is -0.357 e. The van der Waals surface area contributed by atoms with Gasteiger partial charge < -0.3 is 20.4 Å². The van der Waals surface area contributed by atoms with Crippen molar-refractivity contribution in [2.24, 2.45) is 10.9 Å². The van der Waals surface area contributed by atoms with E-state index in [1.54, 1.807) is 0 Å². The number of aryl methyl sites for hydroxylation is 1. The lowest BCUT2D eigenvalue weighted by Gasteiger charge is -2.35. The lowest BCUT2D eigenvalue weighted by molar-refractivity contribution is 0.125. The second-order valence-corrected chi connectivity index (χ2v) is 8.51. The van der Waals surface area contributed by atoms with E-state index in [1.165, 1.54) is 42.6 Å². The van der Waals surface area contributed by atoms with E-state index in [-0.39, 0.29) is 24.0 Å². The van der Waals surface area contributed by atoms with Gasteiger partial charge in [0.2, 0.25) is 0 Å². The van der Waals surface area contributed by atoms with Gasteiger partial charge in [-0.05, 0) is 25.8 Å². The average Bonchev–Trinajstić information content (AvgIpc) is 3.14. The third kappa shape index (κ3) is 9.37.